The fourth-order valence-electron chi connectivity index (χ4n) is 2.43. The molecule has 2 rings (SSSR count). The molecule has 0 spiro atoms. The highest BCUT2D eigenvalue weighted by atomic mass is 15.2. The van der Waals surface area contributed by atoms with Crippen LogP contribution in [0.5, 0.6) is 0 Å². The third-order valence-corrected chi connectivity index (χ3v) is 3.19. The van der Waals surface area contributed by atoms with E-state index in [0.29, 0.717) is 23.6 Å². The van der Waals surface area contributed by atoms with Gasteiger partial charge in [0, 0.05) is 19.6 Å². The van der Waals surface area contributed by atoms with Gasteiger partial charge in [-0.25, -0.2) is 4.98 Å². The first-order valence-corrected chi connectivity index (χ1v) is 7.29. The molecule has 0 aliphatic rings. The predicted molar refractivity (Wildman–Crippen MR) is 86.7 cm³/mol. The molecular formula is C14H25N7. The fraction of sp³-hybridized carbons (Fsp3) is 0.643. The van der Waals surface area contributed by atoms with Crippen LogP contribution in [0.2, 0.25) is 0 Å². The highest BCUT2D eigenvalue weighted by molar-refractivity contribution is 5.83. The number of rotatable bonds is 7. The summed E-state index contributed by atoms with van der Waals surface area (Å²) in [4.78, 5) is 18.4. The number of H-pyrrole nitrogens is 1. The van der Waals surface area contributed by atoms with Crippen molar-refractivity contribution < 1.29 is 0 Å². The van der Waals surface area contributed by atoms with Crippen molar-refractivity contribution in [2.45, 2.75) is 26.3 Å². The molecule has 0 aliphatic heterocycles. The molecule has 2 aromatic rings. The number of imidazole rings is 1. The molecule has 116 valence electrons. The van der Waals surface area contributed by atoms with Crippen LogP contribution in [0.25, 0.3) is 11.2 Å². The van der Waals surface area contributed by atoms with Crippen LogP contribution in [0.4, 0.5) is 11.8 Å². The summed E-state index contributed by atoms with van der Waals surface area (Å²) in [7, 11) is 5.97. The summed E-state index contributed by atoms with van der Waals surface area (Å²) < 4.78 is 0. The molecule has 2 heterocycles. The van der Waals surface area contributed by atoms with Crippen molar-refractivity contribution in [1.82, 2.24) is 24.8 Å². The van der Waals surface area contributed by atoms with Gasteiger partial charge in [-0.3, -0.25) is 0 Å². The minimum Gasteiger partial charge on any atom is -0.364 e. The zero-order chi connectivity index (χ0) is 15.4. The van der Waals surface area contributed by atoms with Crippen molar-refractivity contribution in [1.29, 1.82) is 0 Å². The lowest BCUT2D eigenvalue weighted by Gasteiger charge is -2.24. The maximum atomic E-state index is 4.52. The topological polar surface area (TPSA) is 81.8 Å². The maximum Gasteiger partial charge on any atom is 0.226 e. The lowest BCUT2D eigenvalue weighted by atomic mass is 10.0. The monoisotopic (exact) mass is 291 g/mol. The van der Waals surface area contributed by atoms with Gasteiger partial charge in [-0.2, -0.15) is 9.97 Å². The van der Waals surface area contributed by atoms with Gasteiger partial charge in [-0.15, -0.1) is 0 Å². The molecule has 2 aromatic heterocycles. The molecule has 7 heteroatoms. The highest BCUT2D eigenvalue weighted by Crippen LogP contribution is 2.20. The summed E-state index contributed by atoms with van der Waals surface area (Å²) in [6.07, 6.45) is 2.72. The van der Waals surface area contributed by atoms with Crippen LogP contribution < -0.4 is 10.6 Å². The molecule has 7 nitrogen and oxygen atoms in total. The number of likely N-dealkylation sites (N-methyl/N-ethyl adjacent to an activating group) is 1. The minimum atomic E-state index is 0.325. The fourth-order valence-corrected chi connectivity index (χ4v) is 2.43. The quantitative estimate of drug-likeness (QED) is 0.721. The number of nitrogens with zero attached hydrogens (tertiary/aromatic N) is 4. The van der Waals surface area contributed by atoms with E-state index in [9.17, 15) is 0 Å². The average Bonchev–Trinajstić information content (AvgIpc) is 2.85. The van der Waals surface area contributed by atoms with Crippen LogP contribution >= 0.6 is 0 Å². The van der Waals surface area contributed by atoms with E-state index in [1.807, 2.05) is 7.05 Å². The van der Waals surface area contributed by atoms with Crippen LogP contribution in [0.3, 0.4) is 0 Å². The molecule has 0 saturated carbocycles. The first-order chi connectivity index (χ1) is 9.99. The summed E-state index contributed by atoms with van der Waals surface area (Å²) in [6.45, 7) is 5.41. The van der Waals surface area contributed by atoms with E-state index in [4.69, 9.17) is 0 Å². The molecule has 0 amide bonds. The largest absolute Gasteiger partial charge is 0.364 e. The molecule has 21 heavy (non-hydrogen) atoms. The normalized spacial score (nSPS) is 13.1. The van der Waals surface area contributed by atoms with Crippen molar-refractivity contribution >= 4 is 22.9 Å². The number of hydrogen-bond donors (Lipinski definition) is 3. The number of hydrogen-bond acceptors (Lipinski definition) is 6. The summed E-state index contributed by atoms with van der Waals surface area (Å²) in [5, 5.41) is 6.52. The van der Waals surface area contributed by atoms with Crippen LogP contribution in [-0.2, 0) is 0 Å². The highest BCUT2D eigenvalue weighted by Gasteiger charge is 2.16. The second kappa shape index (κ2) is 6.71. The molecular weight excluding hydrogens is 266 g/mol. The first kappa shape index (κ1) is 15.5. The lowest BCUT2D eigenvalue weighted by molar-refractivity contribution is 0.356. The predicted octanol–water partition coefficient (Wildman–Crippen LogP) is 1.78. The van der Waals surface area contributed by atoms with E-state index in [-0.39, 0.29) is 0 Å². The van der Waals surface area contributed by atoms with E-state index in [0.717, 1.165) is 24.3 Å². The molecule has 1 atom stereocenters. The van der Waals surface area contributed by atoms with Crippen LogP contribution in [0.15, 0.2) is 6.33 Å². The van der Waals surface area contributed by atoms with Gasteiger partial charge in [-0.05, 0) is 26.4 Å². The van der Waals surface area contributed by atoms with Crippen LogP contribution in [0.1, 0.15) is 20.3 Å². The van der Waals surface area contributed by atoms with E-state index in [1.165, 1.54) is 0 Å². The van der Waals surface area contributed by atoms with E-state index in [2.05, 4.69) is 63.4 Å². The van der Waals surface area contributed by atoms with Gasteiger partial charge < -0.3 is 20.5 Å². The van der Waals surface area contributed by atoms with Crippen LogP contribution in [0, 0.1) is 5.92 Å². The van der Waals surface area contributed by atoms with Crippen molar-refractivity contribution in [3.8, 4) is 0 Å². The van der Waals surface area contributed by atoms with Gasteiger partial charge in [-0.1, -0.05) is 13.8 Å². The molecule has 3 N–H and O–H groups in total. The van der Waals surface area contributed by atoms with Crippen molar-refractivity contribution in [2.24, 2.45) is 5.92 Å². The molecule has 0 bridgehead atoms. The first-order valence-electron chi connectivity index (χ1n) is 7.29. The third-order valence-electron chi connectivity index (χ3n) is 3.19. The Hall–Kier alpha value is -1.89. The molecule has 0 aromatic carbocycles. The van der Waals surface area contributed by atoms with Gasteiger partial charge in [0.15, 0.2) is 11.5 Å². The van der Waals surface area contributed by atoms with Crippen molar-refractivity contribution in [3.05, 3.63) is 6.33 Å². The Morgan fingerprint density at radius 3 is 2.67 bits per heavy atom. The number of nitrogens with one attached hydrogen (secondary N) is 3. The lowest BCUT2D eigenvalue weighted by Crippen LogP contribution is -2.34. The van der Waals surface area contributed by atoms with Crippen LogP contribution in [-0.4, -0.2) is 58.6 Å². The Labute approximate surface area is 125 Å². The molecule has 0 radical (unpaired) electrons. The summed E-state index contributed by atoms with van der Waals surface area (Å²) in [5.41, 5.74) is 1.52. The van der Waals surface area contributed by atoms with Gasteiger partial charge in [0.05, 0.1) is 6.33 Å². The average molecular weight is 291 g/mol. The van der Waals surface area contributed by atoms with Gasteiger partial charge in [0.25, 0.3) is 0 Å². The van der Waals surface area contributed by atoms with Gasteiger partial charge >= 0.3 is 0 Å². The molecule has 0 saturated heterocycles. The van der Waals surface area contributed by atoms with Crippen molar-refractivity contribution in [2.75, 3.05) is 38.3 Å². The van der Waals surface area contributed by atoms with Gasteiger partial charge in [0.1, 0.15) is 5.52 Å². The van der Waals surface area contributed by atoms with E-state index < -0.39 is 0 Å². The molecule has 0 fully saturated rings. The third kappa shape index (κ3) is 4.04. The zero-order valence-corrected chi connectivity index (χ0v) is 13.4. The Morgan fingerprint density at radius 1 is 1.29 bits per heavy atom. The van der Waals surface area contributed by atoms with E-state index in [1.54, 1.807) is 6.33 Å². The molecule has 1 unspecified atom stereocenters. The number of aromatic amines is 1. The zero-order valence-electron chi connectivity index (χ0n) is 13.4. The molecule has 0 aliphatic carbocycles. The Kier molecular flexibility index (Phi) is 4.95. The number of aromatic nitrogens is 4. The Morgan fingerprint density at radius 2 is 2.05 bits per heavy atom. The van der Waals surface area contributed by atoms with Crippen molar-refractivity contribution in [3.63, 3.8) is 0 Å². The summed E-state index contributed by atoms with van der Waals surface area (Å²) >= 11 is 0. The Balaban J connectivity index is 2.28. The van der Waals surface area contributed by atoms with Gasteiger partial charge in [0.2, 0.25) is 5.95 Å². The Bertz CT molecular complexity index is 566. The smallest absolute Gasteiger partial charge is 0.226 e. The standard InChI is InChI=1S/C14H25N7/c1-9(2)6-10(7-21(4)5)18-13-11-12(17-8-16-11)19-14(15-3)20-13/h8-10H,6-7H2,1-5H3,(H3,15,16,17,18,19,20). The number of anilines is 2. The summed E-state index contributed by atoms with van der Waals surface area (Å²) in [6, 6.07) is 0.325. The number of fused-ring (bicyclic) bond motifs is 1. The summed E-state index contributed by atoms with van der Waals surface area (Å²) in [5.74, 6) is 1.99. The second-order valence-corrected chi connectivity index (χ2v) is 5.98. The SMILES string of the molecule is CNc1nc(NC(CC(C)C)CN(C)C)c2[nH]cnc2n1. The maximum absolute atomic E-state index is 4.52. The second-order valence-electron chi connectivity index (χ2n) is 5.98. The minimum absolute atomic E-state index is 0.325. The van der Waals surface area contributed by atoms with E-state index >= 15 is 0 Å².